The first-order chi connectivity index (χ1) is 6.93. The van der Waals surface area contributed by atoms with Crippen molar-refractivity contribution >= 4 is 29.1 Å². The van der Waals surface area contributed by atoms with Crippen LogP contribution in [0.4, 0.5) is 0 Å². The maximum absolute atomic E-state index is 10.5. The van der Waals surface area contributed by atoms with Crippen LogP contribution in [0.1, 0.15) is 30.4 Å². The highest BCUT2D eigenvalue weighted by Gasteiger charge is 1.95. The van der Waals surface area contributed by atoms with Crippen molar-refractivity contribution in [3.63, 3.8) is 0 Å². The molecule has 0 fully saturated rings. The normalized spacial score (nSPS) is 8.47. The van der Waals surface area contributed by atoms with Gasteiger partial charge in [0.15, 0.2) is 5.78 Å². The van der Waals surface area contributed by atoms with Gasteiger partial charge in [0, 0.05) is 13.8 Å². The van der Waals surface area contributed by atoms with E-state index in [1.807, 2.05) is 17.5 Å². The van der Waals surface area contributed by atoms with Crippen molar-refractivity contribution in [3.8, 4) is 0 Å². The van der Waals surface area contributed by atoms with Crippen molar-refractivity contribution in [2.24, 2.45) is 0 Å². The number of carbonyl (C=O) groups excluding carboxylic acids is 3. The zero-order valence-corrected chi connectivity index (χ0v) is 9.59. The summed E-state index contributed by atoms with van der Waals surface area (Å²) in [5.74, 6) is -0.972. The van der Waals surface area contributed by atoms with E-state index in [1.165, 1.54) is 25.2 Å². The molecule has 1 heterocycles. The van der Waals surface area contributed by atoms with Crippen LogP contribution in [0.15, 0.2) is 17.5 Å². The molecule has 0 unspecified atom stereocenters. The molecule has 1 rings (SSSR count). The average molecular weight is 228 g/mol. The summed E-state index contributed by atoms with van der Waals surface area (Å²) in [4.78, 5) is 31.0. The smallest absolute Gasteiger partial charge is 0.310 e. The maximum Gasteiger partial charge on any atom is 0.310 e. The summed E-state index contributed by atoms with van der Waals surface area (Å²) < 4.78 is 3.97. The Hall–Kier alpha value is -1.49. The minimum Gasteiger partial charge on any atom is -0.394 e. The number of rotatable bonds is 1. The van der Waals surface area contributed by atoms with E-state index in [0.717, 1.165) is 4.88 Å². The van der Waals surface area contributed by atoms with Crippen LogP contribution in [0.2, 0.25) is 0 Å². The van der Waals surface area contributed by atoms with Crippen molar-refractivity contribution in [2.45, 2.75) is 20.8 Å². The first-order valence-corrected chi connectivity index (χ1v) is 5.05. The molecule has 0 aliphatic rings. The largest absolute Gasteiger partial charge is 0.394 e. The second-order valence-corrected chi connectivity index (χ2v) is 3.57. The Kier molecular flexibility index (Phi) is 6.21. The second-order valence-electron chi connectivity index (χ2n) is 2.62. The van der Waals surface area contributed by atoms with Gasteiger partial charge < -0.3 is 4.74 Å². The SMILES string of the molecule is CC(=O)OC(C)=O.CC(=O)c1cccs1. The minimum absolute atomic E-state index is 0.153. The van der Waals surface area contributed by atoms with Crippen LogP contribution in [-0.4, -0.2) is 17.7 Å². The molecule has 0 aliphatic carbocycles. The quantitative estimate of drug-likeness (QED) is 0.419. The molecule has 0 amide bonds. The van der Waals surface area contributed by atoms with Crippen molar-refractivity contribution in [1.29, 1.82) is 0 Å². The number of carbonyl (C=O) groups is 3. The second kappa shape index (κ2) is 6.89. The van der Waals surface area contributed by atoms with Crippen LogP contribution < -0.4 is 0 Å². The highest BCUT2D eigenvalue weighted by atomic mass is 32.1. The molecule has 0 saturated heterocycles. The number of esters is 2. The van der Waals surface area contributed by atoms with Crippen molar-refractivity contribution < 1.29 is 19.1 Å². The number of hydrogen-bond acceptors (Lipinski definition) is 5. The van der Waals surface area contributed by atoms with Crippen molar-refractivity contribution in [2.75, 3.05) is 0 Å². The van der Waals surface area contributed by atoms with Gasteiger partial charge in [-0.15, -0.1) is 11.3 Å². The van der Waals surface area contributed by atoms with E-state index in [1.54, 1.807) is 6.92 Å². The molecule has 0 radical (unpaired) electrons. The van der Waals surface area contributed by atoms with Gasteiger partial charge in [-0.05, 0) is 18.4 Å². The molecule has 0 bridgehead atoms. The molecule has 0 atom stereocenters. The summed E-state index contributed by atoms with van der Waals surface area (Å²) in [6.45, 7) is 3.94. The number of ketones is 1. The van der Waals surface area contributed by atoms with Gasteiger partial charge >= 0.3 is 11.9 Å². The Morgan fingerprint density at radius 1 is 1.13 bits per heavy atom. The van der Waals surface area contributed by atoms with Gasteiger partial charge in [0.1, 0.15) is 0 Å². The molecule has 15 heavy (non-hydrogen) atoms. The van der Waals surface area contributed by atoms with Crippen LogP contribution >= 0.6 is 11.3 Å². The van der Waals surface area contributed by atoms with E-state index in [0.29, 0.717) is 0 Å². The number of hydrogen-bond donors (Lipinski definition) is 0. The van der Waals surface area contributed by atoms with Gasteiger partial charge in [0.2, 0.25) is 0 Å². The van der Waals surface area contributed by atoms with E-state index >= 15 is 0 Å². The third kappa shape index (κ3) is 7.57. The van der Waals surface area contributed by atoms with Crippen molar-refractivity contribution in [1.82, 2.24) is 0 Å². The Labute approximate surface area is 91.9 Å². The van der Waals surface area contributed by atoms with Crippen molar-refractivity contribution in [3.05, 3.63) is 22.4 Å². The molecule has 1 aromatic heterocycles. The monoisotopic (exact) mass is 228 g/mol. The maximum atomic E-state index is 10.5. The van der Waals surface area contributed by atoms with Gasteiger partial charge in [0.25, 0.3) is 0 Å². The number of ether oxygens (including phenoxy) is 1. The standard InChI is InChI=1S/C6H6OS.C4H6O3/c1-5(7)6-3-2-4-8-6;1-3(5)7-4(2)6/h2-4H,1H3;1-2H3. The Bertz CT molecular complexity index is 328. The lowest BCUT2D eigenvalue weighted by molar-refractivity contribution is -0.156. The van der Waals surface area contributed by atoms with Crippen LogP contribution in [-0.2, 0) is 14.3 Å². The fourth-order valence-corrected chi connectivity index (χ4v) is 1.31. The summed E-state index contributed by atoms with van der Waals surface area (Å²) in [5, 5.41) is 1.90. The number of Topliss-reactive ketones (excluding diaryl/α,β-unsaturated/α-hetero) is 1. The van der Waals surface area contributed by atoms with Gasteiger partial charge in [-0.3, -0.25) is 14.4 Å². The molecule has 0 saturated carbocycles. The summed E-state index contributed by atoms with van der Waals surface area (Å²) in [7, 11) is 0. The fourth-order valence-electron chi connectivity index (χ4n) is 0.681. The highest BCUT2D eigenvalue weighted by Crippen LogP contribution is 2.07. The van der Waals surface area contributed by atoms with Crippen LogP contribution in [0.5, 0.6) is 0 Å². The molecule has 0 aromatic carbocycles. The predicted molar refractivity (Wildman–Crippen MR) is 56.8 cm³/mol. The molecule has 82 valence electrons. The van der Waals surface area contributed by atoms with E-state index in [4.69, 9.17) is 0 Å². The van der Waals surface area contributed by atoms with Gasteiger partial charge in [-0.2, -0.15) is 0 Å². The summed E-state index contributed by atoms with van der Waals surface area (Å²) in [6, 6.07) is 3.70. The predicted octanol–water partition coefficient (Wildman–Crippen LogP) is 2.05. The van der Waals surface area contributed by atoms with Crippen LogP contribution in [0.25, 0.3) is 0 Å². The fraction of sp³-hybridized carbons (Fsp3) is 0.300. The molecule has 5 heteroatoms. The van der Waals surface area contributed by atoms with E-state index in [-0.39, 0.29) is 5.78 Å². The van der Waals surface area contributed by atoms with Gasteiger partial charge in [-0.25, -0.2) is 0 Å². The zero-order chi connectivity index (χ0) is 11.8. The average Bonchev–Trinajstić information content (AvgIpc) is 2.52. The summed E-state index contributed by atoms with van der Waals surface area (Å²) in [5.41, 5.74) is 0. The third-order valence-corrected chi connectivity index (χ3v) is 2.13. The molecule has 0 N–H and O–H groups in total. The van der Waals surface area contributed by atoms with E-state index in [9.17, 15) is 14.4 Å². The molecule has 4 nitrogen and oxygen atoms in total. The van der Waals surface area contributed by atoms with E-state index in [2.05, 4.69) is 4.74 Å². The molecule has 0 spiro atoms. The van der Waals surface area contributed by atoms with Crippen LogP contribution in [0.3, 0.4) is 0 Å². The Morgan fingerprint density at radius 3 is 1.80 bits per heavy atom. The first-order valence-electron chi connectivity index (χ1n) is 4.17. The Morgan fingerprint density at radius 2 is 1.67 bits per heavy atom. The van der Waals surface area contributed by atoms with Gasteiger partial charge in [0.05, 0.1) is 4.88 Å². The molecule has 1 aromatic rings. The third-order valence-electron chi connectivity index (χ3n) is 1.16. The molecular weight excluding hydrogens is 216 g/mol. The minimum atomic E-state index is -0.562. The summed E-state index contributed by atoms with van der Waals surface area (Å²) >= 11 is 1.48. The lowest BCUT2D eigenvalue weighted by Crippen LogP contribution is -2.03. The first kappa shape index (κ1) is 13.5. The summed E-state index contributed by atoms with van der Waals surface area (Å²) in [6.07, 6.45) is 0. The topological polar surface area (TPSA) is 60.4 Å². The van der Waals surface area contributed by atoms with Crippen LogP contribution in [0, 0.1) is 0 Å². The highest BCUT2D eigenvalue weighted by molar-refractivity contribution is 7.12. The van der Waals surface area contributed by atoms with E-state index < -0.39 is 11.9 Å². The van der Waals surface area contributed by atoms with Gasteiger partial charge in [-0.1, -0.05) is 6.07 Å². The lowest BCUT2D eigenvalue weighted by Gasteiger charge is -1.87. The lowest BCUT2D eigenvalue weighted by atomic mass is 10.4. The number of thiophene rings is 1. The Balaban J connectivity index is 0.000000265. The zero-order valence-electron chi connectivity index (χ0n) is 8.77. The molecular formula is C10H12O4S. The molecule has 0 aliphatic heterocycles.